The van der Waals surface area contributed by atoms with Crippen LogP contribution in [0.5, 0.6) is 0 Å². The van der Waals surface area contributed by atoms with Crippen LogP contribution in [-0.4, -0.2) is 37.1 Å². The van der Waals surface area contributed by atoms with Crippen molar-refractivity contribution in [2.45, 2.75) is 110 Å². The lowest BCUT2D eigenvalue weighted by molar-refractivity contribution is -0.273. The zero-order chi connectivity index (χ0) is 23.9. The monoisotopic (exact) mass is 473 g/mol. The summed E-state index contributed by atoms with van der Waals surface area (Å²) in [5.74, 6) is 4.35. The van der Waals surface area contributed by atoms with Gasteiger partial charge in [0.05, 0.1) is 19.3 Å². The molecule has 0 amide bonds. The molecule has 12 atom stereocenters. The van der Waals surface area contributed by atoms with Crippen LogP contribution in [-0.2, 0) is 19.0 Å². The van der Waals surface area contributed by atoms with Crippen LogP contribution >= 0.6 is 0 Å². The predicted molar refractivity (Wildman–Crippen MR) is 131 cm³/mol. The summed E-state index contributed by atoms with van der Waals surface area (Å²) in [6, 6.07) is 0. The number of hydrogen-bond acceptors (Lipinski definition) is 5. The molecule has 5 heteroatoms. The van der Waals surface area contributed by atoms with E-state index in [1.165, 1.54) is 44.9 Å². The lowest BCUT2D eigenvalue weighted by Crippen LogP contribution is -2.55. The van der Waals surface area contributed by atoms with Gasteiger partial charge < -0.3 is 19.9 Å². The fourth-order valence-corrected chi connectivity index (χ4v) is 10.6. The molecule has 2 heterocycles. The second-order valence-electron chi connectivity index (χ2n) is 13.8. The van der Waals surface area contributed by atoms with E-state index >= 15 is 0 Å². The summed E-state index contributed by atoms with van der Waals surface area (Å²) in [4.78, 5) is 11.8. The van der Waals surface area contributed by atoms with Gasteiger partial charge in [-0.1, -0.05) is 27.7 Å². The first kappa shape index (κ1) is 23.7. The number of ether oxygens (including phenoxy) is 3. The zero-order valence-corrected chi connectivity index (χ0v) is 21.9. The lowest BCUT2D eigenvalue weighted by Gasteiger charge is -2.61. The molecule has 0 unspecified atom stereocenters. The third-order valence-corrected chi connectivity index (χ3v) is 12.3. The second-order valence-corrected chi connectivity index (χ2v) is 13.8. The Kier molecular flexibility index (Phi) is 5.71. The van der Waals surface area contributed by atoms with E-state index in [4.69, 9.17) is 19.9 Å². The summed E-state index contributed by atoms with van der Waals surface area (Å²) < 4.78 is 19.1. The fourth-order valence-electron chi connectivity index (χ4n) is 10.6. The Morgan fingerprint density at radius 2 is 1.76 bits per heavy atom. The Bertz CT molecular complexity index is 808. The van der Waals surface area contributed by atoms with E-state index < -0.39 is 0 Å². The van der Waals surface area contributed by atoms with Gasteiger partial charge in [-0.25, -0.2) is 0 Å². The van der Waals surface area contributed by atoms with Crippen LogP contribution in [0.4, 0.5) is 0 Å². The fraction of sp³-hybridized carbons (Fsp3) is 0.966. The predicted octanol–water partition coefficient (Wildman–Crippen LogP) is 5.30. The molecule has 6 aliphatic rings. The first-order chi connectivity index (χ1) is 16.2. The SMILES string of the molecule is C[C@H]1CC[C@@]2(OC1)O[C@H]1C[C@H]3[C@@H]4CC[C@@H]5C[C@@H](OC(=O)CN)CC[C@]5(C)[C@H]4CC[C@]3(C)[C@H]1[C@@H]2C. The van der Waals surface area contributed by atoms with Crippen molar-refractivity contribution in [2.75, 3.05) is 13.2 Å². The van der Waals surface area contributed by atoms with E-state index in [2.05, 4.69) is 27.7 Å². The molecule has 0 aromatic carbocycles. The molecule has 0 radical (unpaired) electrons. The lowest BCUT2D eigenvalue weighted by atomic mass is 9.44. The molecule has 4 saturated carbocycles. The molecule has 2 aliphatic heterocycles. The zero-order valence-electron chi connectivity index (χ0n) is 21.9. The molecule has 6 fully saturated rings. The smallest absolute Gasteiger partial charge is 0.319 e. The average Bonchev–Trinajstić information content (AvgIpc) is 3.26. The molecule has 2 saturated heterocycles. The number of nitrogens with two attached hydrogens (primary N) is 1. The third-order valence-electron chi connectivity index (χ3n) is 12.3. The number of fused-ring (bicyclic) bond motifs is 7. The Morgan fingerprint density at radius 3 is 2.50 bits per heavy atom. The summed E-state index contributed by atoms with van der Waals surface area (Å²) in [7, 11) is 0. The quantitative estimate of drug-likeness (QED) is 0.551. The molecule has 4 aliphatic carbocycles. The summed E-state index contributed by atoms with van der Waals surface area (Å²) in [5.41, 5.74) is 6.28. The first-order valence-electron chi connectivity index (χ1n) is 14.4. The minimum atomic E-state index is -0.310. The minimum Gasteiger partial charge on any atom is -0.461 e. The van der Waals surface area contributed by atoms with Crippen molar-refractivity contribution in [1.29, 1.82) is 0 Å². The van der Waals surface area contributed by atoms with Crippen LogP contribution in [0.1, 0.15) is 91.9 Å². The molecule has 192 valence electrons. The molecule has 0 aromatic heterocycles. The largest absolute Gasteiger partial charge is 0.461 e. The van der Waals surface area contributed by atoms with Crippen molar-refractivity contribution in [3.8, 4) is 0 Å². The van der Waals surface area contributed by atoms with Gasteiger partial charge in [0.25, 0.3) is 0 Å². The molecular formula is C29H47NO4. The normalized spacial score (nSPS) is 56.3. The molecule has 1 spiro atoms. The minimum absolute atomic E-state index is 0.00241. The van der Waals surface area contributed by atoms with Gasteiger partial charge >= 0.3 is 5.97 Å². The number of rotatable bonds is 2. The average molecular weight is 474 g/mol. The highest BCUT2D eigenvalue weighted by Gasteiger charge is 2.69. The highest BCUT2D eigenvalue weighted by Crippen LogP contribution is 2.71. The van der Waals surface area contributed by atoms with E-state index in [-0.39, 0.29) is 24.4 Å². The Labute approximate surface area is 206 Å². The summed E-state index contributed by atoms with van der Waals surface area (Å²) in [6.07, 6.45) is 12.6. The Hall–Kier alpha value is -0.650. The molecule has 34 heavy (non-hydrogen) atoms. The maximum absolute atomic E-state index is 11.8. The van der Waals surface area contributed by atoms with Crippen LogP contribution < -0.4 is 5.73 Å². The number of carbonyl (C=O) groups is 1. The van der Waals surface area contributed by atoms with Gasteiger partial charge in [-0.05, 0) is 104 Å². The van der Waals surface area contributed by atoms with E-state index in [0.717, 1.165) is 43.6 Å². The van der Waals surface area contributed by atoms with E-state index in [1.54, 1.807) is 0 Å². The summed E-state index contributed by atoms with van der Waals surface area (Å²) >= 11 is 0. The van der Waals surface area contributed by atoms with Crippen LogP contribution in [0.3, 0.4) is 0 Å². The molecule has 2 N–H and O–H groups in total. The van der Waals surface area contributed by atoms with Gasteiger partial charge in [-0.15, -0.1) is 0 Å². The Balaban J connectivity index is 1.19. The molecular weight excluding hydrogens is 426 g/mol. The van der Waals surface area contributed by atoms with E-state index in [0.29, 0.717) is 40.6 Å². The van der Waals surface area contributed by atoms with Crippen molar-refractivity contribution in [2.24, 2.45) is 58.0 Å². The van der Waals surface area contributed by atoms with Crippen molar-refractivity contribution < 1.29 is 19.0 Å². The van der Waals surface area contributed by atoms with Crippen LogP contribution in [0.15, 0.2) is 0 Å². The molecule has 5 nitrogen and oxygen atoms in total. The van der Waals surface area contributed by atoms with Crippen molar-refractivity contribution in [3.63, 3.8) is 0 Å². The van der Waals surface area contributed by atoms with Gasteiger partial charge in [0.1, 0.15) is 6.10 Å². The highest BCUT2D eigenvalue weighted by molar-refractivity contribution is 5.71. The number of hydrogen-bond donors (Lipinski definition) is 1. The van der Waals surface area contributed by atoms with Gasteiger partial charge in [0, 0.05) is 12.3 Å². The molecule has 0 aromatic rings. The van der Waals surface area contributed by atoms with Crippen molar-refractivity contribution >= 4 is 5.97 Å². The second kappa shape index (κ2) is 8.18. The van der Waals surface area contributed by atoms with Crippen LogP contribution in [0, 0.1) is 52.3 Å². The van der Waals surface area contributed by atoms with Crippen LogP contribution in [0.2, 0.25) is 0 Å². The third kappa shape index (κ3) is 3.31. The van der Waals surface area contributed by atoms with Gasteiger partial charge in [-0.2, -0.15) is 0 Å². The van der Waals surface area contributed by atoms with Crippen LogP contribution in [0.25, 0.3) is 0 Å². The number of carbonyl (C=O) groups excluding carboxylic acids is 1. The van der Waals surface area contributed by atoms with Crippen molar-refractivity contribution in [3.05, 3.63) is 0 Å². The molecule has 6 rings (SSSR count). The highest BCUT2D eigenvalue weighted by atomic mass is 16.7. The number of esters is 1. The van der Waals surface area contributed by atoms with Gasteiger partial charge in [0.15, 0.2) is 5.79 Å². The Morgan fingerprint density at radius 1 is 0.971 bits per heavy atom. The van der Waals surface area contributed by atoms with E-state index in [1.807, 2.05) is 0 Å². The summed E-state index contributed by atoms with van der Waals surface area (Å²) in [5, 5.41) is 0. The van der Waals surface area contributed by atoms with E-state index in [9.17, 15) is 4.79 Å². The maximum atomic E-state index is 11.8. The first-order valence-corrected chi connectivity index (χ1v) is 14.4. The maximum Gasteiger partial charge on any atom is 0.319 e. The topological polar surface area (TPSA) is 70.8 Å². The van der Waals surface area contributed by atoms with Gasteiger partial charge in [-0.3, -0.25) is 4.79 Å². The van der Waals surface area contributed by atoms with Crippen molar-refractivity contribution in [1.82, 2.24) is 0 Å². The summed E-state index contributed by atoms with van der Waals surface area (Å²) in [6.45, 7) is 10.8. The van der Waals surface area contributed by atoms with Gasteiger partial charge in [0.2, 0.25) is 0 Å². The molecule has 0 bridgehead atoms. The standard InChI is InChI=1S/C29H47NO4/c1-17-7-12-29(32-16-17)18(2)26-24(34-29)14-23-21-6-5-19-13-20(33-25(31)15-30)8-10-27(19,3)22(21)9-11-28(23,26)4/h17-24,26H,5-16,30H2,1-4H3/t17-,18-,19+,20-,21+,22-,23-,24-,26-,27-,28-,29+/m0/s1.